The van der Waals surface area contributed by atoms with Crippen LogP contribution in [0.25, 0.3) is 0 Å². The molecule has 1 unspecified atom stereocenters. The highest BCUT2D eigenvalue weighted by atomic mass is 32.2. The molecule has 0 aromatic rings. The number of hydrogen-bond donors (Lipinski definition) is 1. The number of rotatable bonds is 10. The van der Waals surface area contributed by atoms with Crippen molar-refractivity contribution >= 4 is 9.84 Å². The van der Waals surface area contributed by atoms with Gasteiger partial charge in [0.25, 0.3) is 0 Å². The molecule has 5 heteroatoms. The first-order valence-corrected chi connectivity index (χ1v) is 10.6. The lowest BCUT2D eigenvalue weighted by Crippen LogP contribution is -2.60. The Bertz CT molecular complexity index is 385. The van der Waals surface area contributed by atoms with Crippen LogP contribution in [0, 0.1) is 0 Å². The van der Waals surface area contributed by atoms with Gasteiger partial charge in [-0.25, -0.2) is 8.42 Å². The van der Waals surface area contributed by atoms with Crippen LogP contribution in [0.3, 0.4) is 0 Å². The first kappa shape index (κ1) is 18.9. The molecule has 0 bridgehead atoms. The molecule has 1 N–H and O–H groups in total. The zero-order valence-electron chi connectivity index (χ0n) is 14.3. The predicted octanol–water partition coefficient (Wildman–Crippen LogP) is 2.44. The van der Waals surface area contributed by atoms with Gasteiger partial charge in [-0.15, -0.1) is 0 Å². The van der Waals surface area contributed by atoms with Crippen LogP contribution in [0.15, 0.2) is 0 Å². The van der Waals surface area contributed by atoms with Crippen molar-refractivity contribution in [1.29, 1.82) is 0 Å². The van der Waals surface area contributed by atoms with E-state index in [1.807, 2.05) is 0 Å². The van der Waals surface area contributed by atoms with Crippen molar-refractivity contribution in [3.05, 3.63) is 0 Å². The fraction of sp³-hybridized carbons (Fsp3) is 1.00. The van der Waals surface area contributed by atoms with Gasteiger partial charge in [0, 0.05) is 23.6 Å². The zero-order valence-corrected chi connectivity index (χ0v) is 15.1. The summed E-state index contributed by atoms with van der Waals surface area (Å²) in [4.78, 5) is 2.60. The van der Waals surface area contributed by atoms with Crippen LogP contribution in [0.5, 0.6) is 0 Å². The number of nitrogens with one attached hydrogen (secondary N) is 1. The van der Waals surface area contributed by atoms with Gasteiger partial charge in [0.2, 0.25) is 0 Å². The molecule has 1 aliphatic rings. The molecule has 21 heavy (non-hydrogen) atoms. The van der Waals surface area contributed by atoms with Crippen LogP contribution in [0.4, 0.5) is 0 Å². The Kier molecular flexibility index (Phi) is 7.65. The fourth-order valence-corrected chi connectivity index (χ4v) is 4.77. The maximum Gasteiger partial charge on any atom is 0.147 e. The standard InChI is InChI=1S/C16H34N2O2S/c1-5-17-15(11-10-14-21(4,19)20)16(12-8-9-13-16)18(6-2)7-3/h15,17H,5-14H2,1-4H3. The largest absolute Gasteiger partial charge is 0.312 e. The molecule has 0 aromatic heterocycles. The molecular formula is C16H34N2O2S. The summed E-state index contributed by atoms with van der Waals surface area (Å²) >= 11 is 0. The van der Waals surface area contributed by atoms with Crippen molar-refractivity contribution in [2.45, 2.75) is 70.9 Å². The van der Waals surface area contributed by atoms with Crippen LogP contribution >= 0.6 is 0 Å². The molecule has 4 nitrogen and oxygen atoms in total. The maximum absolute atomic E-state index is 11.4. The third-order valence-corrected chi connectivity index (χ3v) is 6.00. The van der Waals surface area contributed by atoms with Crippen molar-refractivity contribution in [2.75, 3.05) is 31.6 Å². The first-order chi connectivity index (χ1) is 9.89. The fourth-order valence-electron chi connectivity index (χ4n) is 4.08. The average molecular weight is 319 g/mol. The monoisotopic (exact) mass is 318 g/mol. The van der Waals surface area contributed by atoms with Gasteiger partial charge in [0.05, 0.1) is 0 Å². The number of hydrogen-bond acceptors (Lipinski definition) is 4. The second-order valence-electron chi connectivity index (χ2n) is 6.37. The van der Waals surface area contributed by atoms with E-state index in [0.717, 1.165) is 32.5 Å². The molecular weight excluding hydrogens is 284 g/mol. The summed E-state index contributed by atoms with van der Waals surface area (Å²) in [7, 11) is -2.85. The van der Waals surface area contributed by atoms with Gasteiger partial charge in [0.15, 0.2) is 0 Å². The van der Waals surface area contributed by atoms with Crippen LogP contribution in [0.2, 0.25) is 0 Å². The Morgan fingerprint density at radius 1 is 1.14 bits per heavy atom. The average Bonchev–Trinajstić information content (AvgIpc) is 2.88. The molecule has 0 saturated heterocycles. The van der Waals surface area contributed by atoms with Crippen molar-refractivity contribution in [3.63, 3.8) is 0 Å². The first-order valence-electron chi connectivity index (χ1n) is 8.55. The summed E-state index contributed by atoms with van der Waals surface area (Å²) in [6, 6.07) is 0.409. The third-order valence-electron chi connectivity index (χ3n) is 4.97. The quantitative estimate of drug-likeness (QED) is 0.672. The van der Waals surface area contributed by atoms with E-state index in [1.54, 1.807) is 0 Å². The van der Waals surface area contributed by atoms with Gasteiger partial charge < -0.3 is 5.32 Å². The number of sulfone groups is 1. The lowest BCUT2D eigenvalue weighted by molar-refractivity contribution is 0.0600. The highest BCUT2D eigenvalue weighted by molar-refractivity contribution is 7.90. The Morgan fingerprint density at radius 2 is 1.71 bits per heavy atom. The Hall–Kier alpha value is -0.130. The minimum absolute atomic E-state index is 0.233. The summed E-state index contributed by atoms with van der Waals surface area (Å²) in [5.74, 6) is 0.309. The lowest BCUT2D eigenvalue weighted by atomic mass is 9.83. The van der Waals surface area contributed by atoms with Crippen molar-refractivity contribution in [2.24, 2.45) is 0 Å². The molecule has 1 rings (SSSR count). The van der Waals surface area contributed by atoms with E-state index >= 15 is 0 Å². The van der Waals surface area contributed by atoms with Crippen molar-refractivity contribution in [3.8, 4) is 0 Å². The van der Waals surface area contributed by atoms with Gasteiger partial charge in [0.1, 0.15) is 9.84 Å². The Balaban J connectivity index is 2.82. The van der Waals surface area contributed by atoms with E-state index in [-0.39, 0.29) is 5.54 Å². The normalized spacial score (nSPS) is 20.0. The second-order valence-corrected chi connectivity index (χ2v) is 8.63. The minimum Gasteiger partial charge on any atom is -0.312 e. The van der Waals surface area contributed by atoms with Crippen LogP contribution in [-0.4, -0.2) is 56.5 Å². The van der Waals surface area contributed by atoms with Gasteiger partial charge in [-0.05, 0) is 45.3 Å². The molecule has 126 valence electrons. The molecule has 0 aliphatic heterocycles. The molecule has 0 spiro atoms. The molecule has 1 fully saturated rings. The van der Waals surface area contributed by atoms with Crippen molar-refractivity contribution in [1.82, 2.24) is 10.2 Å². The van der Waals surface area contributed by atoms with E-state index in [4.69, 9.17) is 0 Å². The SMILES string of the molecule is CCNC(CCCS(C)(=O)=O)C1(N(CC)CC)CCCC1. The molecule has 0 aromatic carbocycles. The van der Waals surface area contributed by atoms with E-state index < -0.39 is 9.84 Å². The van der Waals surface area contributed by atoms with Crippen molar-refractivity contribution < 1.29 is 8.42 Å². The Labute approximate surface area is 131 Å². The molecule has 1 saturated carbocycles. The smallest absolute Gasteiger partial charge is 0.147 e. The summed E-state index contributed by atoms with van der Waals surface area (Å²) in [6.07, 6.45) is 8.13. The summed E-state index contributed by atoms with van der Waals surface area (Å²) < 4.78 is 22.8. The predicted molar refractivity (Wildman–Crippen MR) is 90.5 cm³/mol. The van der Waals surface area contributed by atoms with Crippen LogP contribution in [0.1, 0.15) is 59.3 Å². The molecule has 0 amide bonds. The third kappa shape index (κ3) is 5.22. The molecule has 1 aliphatic carbocycles. The lowest BCUT2D eigenvalue weighted by Gasteiger charge is -2.47. The van der Waals surface area contributed by atoms with Gasteiger partial charge in [-0.1, -0.05) is 33.6 Å². The molecule has 0 heterocycles. The van der Waals surface area contributed by atoms with E-state index in [1.165, 1.54) is 31.9 Å². The van der Waals surface area contributed by atoms with Gasteiger partial charge in [-0.3, -0.25) is 4.90 Å². The maximum atomic E-state index is 11.4. The van der Waals surface area contributed by atoms with E-state index in [9.17, 15) is 8.42 Å². The molecule has 0 radical (unpaired) electrons. The summed E-state index contributed by atoms with van der Waals surface area (Å²) in [5, 5.41) is 3.66. The topological polar surface area (TPSA) is 49.4 Å². The summed E-state index contributed by atoms with van der Waals surface area (Å²) in [5.41, 5.74) is 0.233. The van der Waals surface area contributed by atoms with Crippen LogP contribution < -0.4 is 5.32 Å². The zero-order chi connectivity index (χ0) is 15.9. The summed E-state index contributed by atoms with van der Waals surface area (Å²) in [6.45, 7) is 9.72. The number of nitrogens with zero attached hydrogens (tertiary/aromatic N) is 1. The van der Waals surface area contributed by atoms with Gasteiger partial charge >= 0.3 is 0 Å². The second kappa shape index (κ2) is 8.49. The van der Waals surface area contributed by atoms with E-state index in [2.05, 4.69) is 31.0 Å². The highest BCUT2D eigenvalue weighted by Gasteiger charge is 2.44. The number of likely N-dealkylation sites (N-methyl/N-ethyl adjacent to an activating group) is 2. The molecule has 1 atom stereocenters. The Morgan fingerprint density at radius 3 is 2.14 bits per heavy atom. The minimum atomic E-state index is -2.85. The van der Waals surface area contributed by atoms with Crippen LogP contribution in [-0.2, 0) is 9.84 Å². The van der Waals surface area contributed by atoms with E-state index in [0.29, 0.717) is 11.8 Å². The van der Waals surface area contributed by atoms with Gasteiger partial charge in [-0.2, -0.15) is 0 Å². The highest BCUT2D eigenvalue weighted by Crippen LogP contribution is 2.39.